The molecule has 0 unspecified atom stereocenters. The zero-order valence-electron chi connectivity index (χ0n) is 35.1. The number of amides is 8. The van der Waals surface area contributed by atoms with E-state index in [1.165, 1.54) is 12.2 Å². The first-order valence-electron chi connectivity index (χ1n) is 20.3. The van der Waals surface area contributed by atoms with Gasteiger partial charge >= 0.3 is 6.03 Å². The van der Waals surface area contributed by atoms with E-state index < -0.39 is 47.7 Å². The summed E-state index contributed by atoms with van der Waals surface area (Å²) in [6.07, 6.45) is 2.91. The van der Waals surface area contributed by atoms with E-state index in [9.17, 15) is 38.7 Å². The molecule has 61 heavy (non-hydrogen) atoms. The van der Waals surface area contributed by atoms with Crippen molar-refractivity contribution in [3.05, 3.63) is 42.0 Å². The number of carbonyl (C=O) groups excluding carboxylic acids is 7. The number of primary amides is 1. The van der Waals surface area contributed by atoms with Crippen molar-refractivity contribution in [2.24, 2.45) is 11.7 Å². The predicted molar refractivity (Wildman–Crippen MR) is 220 cm³/mol. The summed E-state index contributed by atoms with van der Waals surface area (Å²) in [4.78, 5) is 86.1. The molecule has 21 heteroatoms. The maximum absolute atomic E-state index is 13.3. The Hall–Kier alpha value is -5.03. The standard InChI is InChI=1S/C40H63N7O14/c1-29(2)37(39(54)45-32(4-3-13-43-40(41)55)38(53)44-31-7-5-30(28-48)6-8-31)46-34(50)12-16-56-18-20-58-22-24-60-26-27-61-25-23-59-21-19-57-17-14-42-33(49)11-15-47-35(51)9-10-36(47)52/h5-10,29,32,37,48H,3-4,11-28H2,1-2H3,(H,42,49)(H,44,53)(H,45,54)(H,46,50)(H3,41,43,55)/t32-,37-/m0/s1. The Balaban J connectivity index is 1.46. The van der Waals surface area contributed by atoms with Gasteiger partial charge in [0.1, 0.15) is 12.1 Å². The summed E-state index contributed by atoms with van der Waals surface area (Å²) in [5, 5.41) is 22.6. The summed E-state index contributed by atoms with van der Waals surface area (Å²) in [5.74, 6) is -2.84. The van der Waals surface area contributed by atoms with Gasteiger partial charge in [-0.2, -0.15) is 0 Å². The average molecular weight is 866 g/mol. The number of nitrogens with one attached hydrogen (secondary N) is 5. The minimum atomic E-state index is -0.979. The number of anilines is 1. The van der Waals surface area contributed by atoms with Crippen LogP contribution in [-0.4, -0.2) is 162 Å². The van der Waals surface area contributed by atoms with Crippen molar-refractivity contribution in [3.8, 4) is 0 Å². The number of aliphatic hydroxyl groups is 1. The van der Waals surface area contributed by atoms with Gasteiger partial charge < -0.3 is 65.8 Å². The van der Waals surface area contributed by atoms with Crippen LogP contribution in [0.15, 0.2) is 36.4 Å². The number of benzene rings is 1. The monoisotopic (exact) mass is 865 g/mol. The van der Waals surface area contributed by atoms with Crippen LogP contribution in [0.2, 0.25) is 0 Å². The molecule has 2 atom stereocenters. The minimum absolute atomic E-state index is 0.00194. The zero-order valence-corrected chi connectivity index (χ0v) is 35.1. The number of nitrogens with two attached hydrogens (primary N) is 1. The highest BCUT2D eigenvalue weighted by Crippen LogP contribution is 2.12. The molecule has 0 radical (unpaired) electrons. The fourth-order valence-electron chi connectivity index (χ4n) is 5.33. The molecule has 342 valence electrons. The lowest BCUT2D eigenvalue weighted by atomic mass is 10.0. The number of carbonyl (C=O) groups is 7. The summed E-state index contributed by atoms with van der Waals surface area (Å²) >= 11 is 0. The van der Waals surface area contributed by atoms with Crippen molar-refractivity contribution >= 4 is 47.2 Å². The topological polar surface area (TPSA) is 285 Å². The number of imide groups is 1. The van der Waals surface area contributed by atoms with Crippen LogP contribution in [0.25, 0.3) is 0 Å². The molecule has 0 fully saturated rings. The maximum atomic E-state index is 13.3. The van der Waals surface area contributed by atoms with Crippen LogP contribution < -0.4 is 32.3 Å². The molecule has 1 heterocycles. The van der Waals surface area contributed by atoms with Crippen LogP contribution in [0.3, 0.4) is 0 Å². The highest BCUT2D eigenvalue weighted by atomic mass is 16.6. The molecule has 1 aliphatic heterocycles. The van der Waals surface area contributed by atoms with Gasteiger partial charge in [-0.3, -0.25) is 33.7 Å². The van der Waals surface area contributed by atoms with Gasteiger partial charge in [-0.05, 0) is 36.5 Å². The second kappa shape index (κ2) is 31.8. The van der Waals surface area contributed by atoms with E-state index in [0.717, 1.165) is 4.90 Å². The second-order valence-electron chi connectivity index (χ2n) is 13.8. The molecule has 21 nitrogen and oxygen atoms in total. The fourth-order valence-corrected chi connectivity index (χ4v) is 5.33. The van der Waals surface area contributed by atoms with E-state index in [1.54, 1.807) is 38.1 Å². The lowest BCUT2D eigenvalue weighted by molar-refractivity contribution is -0.137. The van der Waals surface area contributed by atoms with Crippen molar-refractivity contribution in [1.29, 1.82) is 0 Å². The second-order valence-corrected chi connectivity index (χ2v) is 13.8. The van der Waals surface area contributed by atoms with Gasteiger partial charge in [0.05, 0.1) is 85.9 Å². The molecule has 8 N–H and O–H groups in total. The van der Waals surface area contributed by atoms with Crippen molar-refractivity contribution < 1.29 is 67.1 Å². The van der Waals surface area contributed by atoms with Crippen LogP contribution in [-0.2, 0) is 63.8 Å². The summed E-state index contributed by atoms with van der Waals surface area (Å²) in [5.41, 5.74) is 6.27. The van der Waals surface area contributed by atoms with Gasteiger partial charge in [0.25, 0.3) is 11.8 Å². The molecule has 0 aliphatic carbocycles. The Labute approximate surface area is 356 Å². The summed E-state index contributed by atoms with van der Waals surface area (Å²) < 4.78 is 32.7. The van der Waals surface area contributed by atoms with E-state index in [4.69, 9.17) is 34.2 Å². The van der Waals surface area contributed by atoms with E-state index in [2.05, 4.69) is 26.6 Å². The Morgan fingerprint density at radius 2 is 1.18 bits per heavy atom. The number of hydrogen-bond donors (Lipinski definition) is 7. The lowest BCUT2D eigenvalue weighted by Crippen LogP contribution is -2.54. The van der Waals surface area contributed by atoms with Crippen molar-refractivity contribution in [3.63, 3.8) is 0 Å². The van der Waals surface area contributed by atoms with Crippen molar-refractivity contribution in [2.45, 2.75) is 58.2 Å². The third-order valence-electron chi connectivity index (χ3n) is 8.64. The predicted octanol–water partition coefficient (Wildman–Crippen LogP) is -0.887. The first-order chi connectivity index (χ1) is 29.4. The largest absolute Gasteiger partial charge is 0.392 e. The Bertz CT molecular complexity index is 1510. The maximum Gasteiger partial charge on any atom is 0.312 e. The van der Waals surface area contributed by atoms with Gasteiger partial charge in [-0.25, -0.2) is 4.79 Å². The molecule has 0 aromatic heterocycles. The van der Waals surface area contributed by atoms with Gasteiger partial charge in [-0.1, -0.05) is 26.0 Å². The van der Waals surface area contributed by atoms with Gasteiger partial charge in [-0.15, -0.1) is 0 Å². The number of rotatable bonds is 35. The zero-order chi connectivity index (χ0) is 44.7. The first kappa shape index (κ1) is 52.1. The van der Waals surface area contributed by atoms with E-state index in [0.29, 0.717) is 90.3 Å². The van der Waals surface area contributed by atoms with Crippen LogP contribution >= 0.6 is 0 Å². The number of hydrogen-bond acceptors (Lipinski definition) is 14. The van der Waals surface area contributed by atoms with Crippen LogP contribution in [0.1, 0.15) is 45.1 Å². The first-order valence-corrected chi connectivity index (χ1v) is 20.3. The van der Waals surface area contributed by atoms with E-state index in [1.807, 2.05) is 0 Å². The number of ether oxygens (including phenoxy) is 6. The molecule has 2 rings (SSSR count). The molecule has 1 aliphatic rings. The summed E-state index contributed by atoms with van der Waals surface area (Å²) in [7, 11) is 0. The van der Waals surface area contributed by atoms with Gasteiger partial charge in [0.2, 0.25) is 23.6 Å². The van der Waals surface area contributed by atoms with Crippen LogP contribution in [0.5, 0.6) is 0 Å². The highest BCUT2D eigenvalue weighted by molar-refractivity contribution is 6.13. The Morgan fingerprint density at radius 3 is 1.69 bits per heavy atom. The molecular formula is C40H63N7O14. The fraction of sp³-hybridized carbons (Fsp3) is 0.625. The lowest BCUT2D eigenvalue weighted by Gasteiger charge is -2.25. The number of nitrogens with zero attached hydrogens (tertiary/aromatic N) is 1. The third kappa shape index (κ3) is 24.1. The molecule has 1 aromatic rings. The SMILES string of the molecule is CC(C)[C@H](NC(=O)CCOCCOCCOCCOCCOCCOCCNC(=O)CCN1C(=O)C=CC1=O)C(=O)N[C@@H](CCCNC(N)=O)C(=O)Nc1ccc(CO)cc1. The number of urea groups is 1. The molecule has 0 bridgehead atoms. The van der Waals surface area contributed by atoms with Crippen LogP contribution in [0.4, 0.5) is 10.5 Å². The third-order valence-corrected chi connectivity index (χ3v) is 8.64. The van der Waals surface area contributed by atoms with Crippen molar-refractivity contribution in [2.75, 3.05) is 104 Å². The van der Waals surface area contributed by atoms with E-state index >= 15 is 0 Å². The van der Waals surface area contributed by atoms with E-state index in [-0.39, 0.29) is 64.0 Å². The molecule has 0 saturated carbocycles. The molecule has 8 amide bonds. The normalized spacial score (nSPS) is 13.3. The quantitative estimate of drug-likeness (QED) is 0.0322. The van der Waals surface area contributed by atoms with Crippen LogP contribution in [0, 0.1) is 5.92 Å². The highest BCUT2D eigenvalue weighted by Gasteiger charge is 2.29. The van der Waals surface area contributed by atoms with Crippen molar-refractivity contribution in [1.82, 2.24) is 26.2 Å². The minimum Gasteiger partial charge on any atom is -0.392 e. The molecule has 1 aromatic carbocycles. The molecular weight excluding hydrogens is 802 g/mol. The molecule has 0 spiro atoms. The number of aliphatic hydroxyl groups excluding tert-OH is 1. The Kier molecular flexibility index (Phi) is 27.2. The average Bonchev–Trinajstić information content (AvgIpc) is 3.56. The summed E-state index contributed by atoms with van der Waals surface area (Å²) in [6, 6.07) is 3.97. The Morgan fingerprint density at radius 1 is 0.656 bits per heavy atom. The van der Waals surface area contributed by atoms with Gasteiger partial charge in [0.15, 0.2) is 0 Å². The summed E-state index contributed by atoms with van der Waals surface area (Å²) in [6.45, 7) is 7.81. The smallest absolute Gasteiger partial charge is 0.312 e. The van der Waals surface area contributed by atoms with Gasteiger partial charge in [0, 0.05) is 50.3 Å². The molecule has 0 saturated heterocycles.